The third kappa shape index (κ3) is 26.8. The van der Waals surface area contributed by atoms with E-state index in [4.69, 9.17) is 18.9 Å². The van der Waals surface area contributed by atoms with Gasteiger partial charge < -0.3 is 61.1 Å². The lowest BCUT2D eigenvalue weighted by atomic mass is 9.87. The van der Waals surface area contributed by atoms with Gasteiger partial charge in [0.25, 0.3) is 0 Å². The Labute approximate surface area is 348 Å². The normalized spacial score (nSPS) is 12.8. The van der Waals surface area contributed by atoms with Crippen LogP contribution in [0, 0.1) is 10.8 Å². The topological polar surface area (TPSA) is 286 Å². The molecule has 20 nitrogen and oxygen atoms in total. The quantitative estimate of drug-likeness (QED) is 0.0269. The lowest BCUT2D eigenvalue weighted by Crippen LogP contribution is -2.47. The number of esters is 2. The maximum atomic E-state index is 12.4. The summed E-state index contributed by atoms with van der Waals surface area (Å²) in [5.74, 6) is -2.52. The Kier molecular flexibility index (Phi) is 24.3. The molecule has 0 spiro atoms. The molecule has 0 aliphatic carbocycles. The summed E-state index contributed by atoms with van der Waals surface area (Å²) in [4.78, 5) is 96.5. The molecule has 0 heterocycles. The van der Waals surface area contributed by atoms with Crippen molar-refractivity contribution in [2.45, 2.75) is 105 Å². The number of carbonyl (C=O) groups is 8. The van der Waals surface area contributed by atoms with Gasteiger partial charge >= 0.3 is 24.1 Å². The van der Waals surface area contributed by atoms with Gasteiger partial charge in [0.2, 0.25) is 23.6 Å². The fourth-order valence-electron chi connectivity index (χ4n) is 3.97. The summed E-state index contributed by atoms with van der Waals surface area (Å²) in [6.07, 6.45) is -4.74. The molecule has 334 valence electrons. The average molecular weight is 869 g/mol. The number of ether oxygens (including phenoxy) is 4. The fraction of sp³-hybridized carbons (Fsp3) is 0.778. The molecule has 0 aromatic carbocycles. The molecule has 0 aromatic heterocycles. The van der Waals surface area contributed by atoms with Gasteiger partial charge in [0.1, 0.15) is 36.5 Å². The molecule has 58 heavy (non-hydrogen) atoms. The van der Waals surface area contributed by atoms with E-state index in [-0.39, 0.29) is 51.0 Å². The Morgan fingerprint density at radius 3 is 1.14 bits per heavy atom. The van der Waals surface area contributed by atoms with Crippen LogP contribution in [0.5, 0.6) is 0 Å². The zero-order chi connectivity index (χ0) is 44.7. The molecule has 0 saturated carbocycles. The van der Waals surface area contributed by atoms with Crippen LogP contribution >= 0.6 is 21.6 Å². The number of hydrogen-bond donors (Lipinski definition) is 8. The zero-order valence-electron chi connectivity index (χ0n) is 35.2. The highest BCUT2D eigenvalue weighted by Gasteiger charge is 2.36. The number of hydrogen-bond acceptors (Lipinski definition) is 16. The molecule has 0 unspecified atom stereocenters. The van der Waals surface area contributed by atoms with Crippen LogP contribution in [0.15, 0.2) is 0 Å². The van der Waals surface area contributed by atoms with Gasteiger partial charge in [-0.2, -0.15) is 0 Å². The highest BCUT2D eigenvalue weighted by Crippen LogP contribution is 2.23. The molecule has 0 saturated heterocycles. The standard InChI is InChI=1S/C36H64N6O14S2/c1-33(2,3)55-31(51)41-19-25(45)53-21-35(7,8)27(47)29(49)39-13-11-23(43)37-15-17-57-58-18-16-38-24(44)12-14-40-30(50)28(48)36(9,10)22-54-26(46)20-42-32(52)56-34(4,5)6/h27-28,47-48H,11-22H2,1-10H3,(H,37,43)(H,38,44)(H,39,49)(H,40,50)(H,41,51)(H,42,52)/t27-,28-/m0/s1. The molecule has 0 radical (unpaired) electrons. The first kappa shape index (κ1) is 54.0. The maximum Gasteiger partial charge on any atom is 0.408 e. The van der Waals surface area contributed by atoms with E-state index in [1.807, 2.05) is 0 Å². The molecule has 22 heteroatoms. The minimum Gasteiger partial charge on any atom is -0.464 e. The van der Waals surface area contributed by atoms with Crippen LogP contribution < -0.4 is 31.9 Å². The van der Waals surface area contributed by atoms with E-state index in [2.05, 4.69) is 31.9 Å². The molecule has 0 aliphatic rings. The van der Waals surface area contributed by atoms with Crippen molar-refractivity contribution >= 4 is 69.3 Å². The molecular weight excluding hydrogens is 805 g/mol. The number of aliphatic hydroxyl groups excluding tert-OH is 2. The summed E-state index contributed by atoms with van der Waals surface area (Å²) in [5.41, 5.74) is -3.81. The molecular formula is C36H64N6O14S2. The van der Waals surface area contributed by atoms with Crippen LogP contribution in [0.25, 0.3) is 0 Å². The Hall–Kier alpha value is -4.02. The first-order valence-electron chi connectivity index (χ1n) is 18.6. The zero-order valence-corrected chi connectivity index (χ0v) is 36.9. The summed E-state index contributed by atoms with van der Waals surface area (Å²) in [6.45, 7) is 15.2. The van der Waals surface area contributed by atoms with Crippen LogP contribution in [-0.4, -0.2) is 145 Å². The highest BCUT2D eigenvalue weighted by atomic mass is 33.1. The molecule has 0 aromatic rings. The SMILES string of the molecule is CC(C)(C)OC(=O)NCC(=O)OCC(C)(C)[C@@H](O)C(=O)NCCC(=O)NCCSSCCNC(=O)CCNC(=O)[C@H](O)C(C)(C)COC(=O)CNC(=O)OC(C)(C)C. The second kappa shape index (κ2) is 26.2. The number of alkyl carbamates (subject to hydrolysis) is 2. The summed E-state index contributed by atoms with van der Waals surface area (Å²) in [7, 11) is 2.96. The van der Waals surface area contributed by atoms with Gasteiger partial charge in [-0.3, -0.25) is 28.8 Å². The van der Waals surface area contributed by atoms with Crippen LogP contribution in [0.1, 0.15) is 82.1 Å². The largest absolute Gasteiger partial charge is 0.464 e. The molecule has 0 fully saturated rings. The van der Waals surface area contributed by atoms with Gasteiger partial charge in [-0.15, -0.1) is 0 Å². The molecule has 2 atom stereocenters. The average Bonchev–Trinajstić information content (AvgIpc) is 3.10. The molecule has 0 rings (SSSR count). The molecule has 0 aliphatic heterocycles. The van der Waals surface area contributed by atoms with E-state index in [0.717, 1.165) is 0 Å². The van der Waals surface area contributed by atoms with E-state index >= 15 is 0 Å². The second-order valence-corrected chi connectivity index (χ2v) is 18.9. The Morgan fingerprint density at radius 2 is 0.828 bits per heavy atom. The van der Waals surface area contributed by atoms with Crippen molar-refractivity contribution < 1.29 is 67.5 Å². The summed E-state index contributed by atoms with van der Waals surface area (Å²) < 4.78 is 20.2. The van der Waals surface area contributed by atoms with Crippen molar-refractivity contribution in [3.63, 3.8) is 0 Å². The second-order valence-electron chi connectivity index (χ2n) is 16.2. The smallest absolute Gasteiger partial charge is 0.408 e. The Morgan fingerprint density at radius 1 is 0.500 bits per heavy atom. The van der Waals surface area contributed by atoms with Gasteiger partial charge in [-0.1, -0.05) is 49.3 Å². The summed E-state index contributed by atoms with van der Waals surface area (Å²) in [6, 6.07) is 0. The first-order chi connectivity index (χ1) is 26.6. The molecule has 0 bridgehead atoms. The van der Waals surface area contributed by atoms with Gasteiger partial charge in [0, 0.05) is 61.4 Å². The Balaban J connectivity index is 4.10. The number of nitrogens with one attached hydrogen (secondary N) is 6. The van der Waals surface area contributed by atoms with Crippen LogP contribution in [0.3, 0.4) is 0 Å². The molecule has 8 N–H and O–H groups in total. The van der Waals surface area contributed by atoms with Gasteiger partial charge in [-0.25, -0.2) is 9.59 Å². The van der Waals surface area contributed by atoms with E-state index in [1.165, 1.54) is 49.3 Å². The number of rotatable bonds is 25. The van der Waals surface area contributed by atoms with Crippen molar-refractivity contribution in [2.75, 3.05) is 64.0 Å². The minimum atomic E-state index is -1.55. The van der Waals surface area contributed by atoms with E-state index in [1.54, 1.807) is 41.5 Å². The summed E-state index contributed by atoms with van der Waals surface area (Å²) in [5, 5.41) is 35.9. The fourth-order valence-corrected chi connectivity index (χ4v) is 5.78. The number of aliphatic hydroxyl groups is 2. The maximum absolute atomic E-state index is 12.4. The van der Waals surface area contributed by atoms with E-state index in [9.17, 15) is 48.6 Å². The van der Waals surface area contributed by atoms with Gasteiger partial charge in [-0.05, 0) is 41.5 Å². The molecule has 6 amide bonds. The predicted molar refractivity (Wildman–Crippen MR) is 216 cm³/mol. The van der Waals surface area contributed by atoms with Crippen molar-refractivity contribution in [1.29, 1.82) is 0 Å². The van der Waals surface area contributed by atoms with Crippen molar-refractivity contribution in [3.05, 3.63) is 0 Å². The van der Waals surface area contributed by atoms with E-state index < -0.39 is 83.3 Å². The van der Waals surface area contributed by atoms with Crippen LogP contribution in [-0.2, 0) is 47.7 Å². The monoisotopic (exact) mass is 868 g/mol. The summed E-state index contributed by atoms with van der Waals surface area (Å²) >= 11 is 0. The Bertz CT molecular complexity index is 1280. The van der Waals surface area contributed by atoms with Crippen LogP contribution in [0.2, 0.25) is 0 Å². The predicted octanol–water partition coefficient (Wildman–Crippen LogP) is 0.523. The number of amides is 6. The lowest BCUT2D eigenvalue weighted by Gasteiger charge is -2.29. The lowest BCUT2D eigenvalue weighted by molar-refractivity contribution is -0.152. The van der Waals surface area contributed by atoms with Crippen molar-refractivity contribution in [3.8, 4) is 0 Å². The number of carbonyl (C=O) groups excluding carboxylic acids is 8. The van der Waals surface area contributed by atoms with Crippen molar-refractivity contribution in [1.82, 2.24) is 31.9 Å². The third-order valence-corrected chi connectivity index (χ3v) is 9.55. The third-order valence-electron chi connectivity index (χ3n) is 7.14. The van der Waals surface area contributed by atoms with Gasteiger partial charge in [0.15, 0.2) is 0 Å². The van der Waals surface area contributed by atoms with Crippen molar-refractivity contribution in [2.24, 2.45) is 10.8 Å². The van der Waals surface area contributed by atoms with Gasteiger partial charge in [0.05, 0.1) is 13.2 Å². The van der Waals surface area contributed by atoms with E-state index in [0.29, 0.717) is 24.6 Å². The van der Waals surface area contributed by atoms with Crippen LogP contribution in [0.4, 0.5) is 9.59 Å². The first-order valence-corrected chi connectivity index (χ1v) is 21.1. The highest BCUT2D eigenvalue weighted by molar-refractivity contribution is 8.76. The minimum absolute atomic E-state index is 0.0305.